The smallest absolute Gasteiger partial charge is 0.323 e. The fourth-order valence-electron chi connectivity index (χ4n) is 3.29. The summed E-state index contributed by atoms with van der Waals surface area (Å²) in [5, 5.41) is 0. The Morgan fingerprint density at radius 1 is 1.11 bits per heavy atom. The van der Waals surface area contributed by atoms with E-state index in [-0.39, 0.29) is 11.4 Å². The molecule has 1 aromatic carbocycles. The molecule has 0 radical (unpaired) electrons. The molecule has 4 rings (SSSR count). The molecule has 2 aromatic heterocycles. The Morgan fingerprint density at radius 3 is 2.41 bits per heavy atom. The molecule has 0 atom stereocenters. The highest BCUT2D eigenvalue weighted by Gasteiger charge is 2.53. The van der Waals surface area contributed by atoms with Crippen molar-refractivity contribution in [2.24, 2.45) is 0 Å². The summed E-state index contributed by atoms with van der Waals surface area (Å²) in [6.07, 6.45) is 1.58. The molecule has 0 saturated heterocycles. The summed E-state index contributed by atoms with van der Waals surface area (Å²) in [5.41, 5.74) is 3.26. The third-order valence-electron chi connectivity index (χ3n) is 5.24. The number of esters is 1. The monoisotopic (exact) mass is 364 g/mol. The molecule has 5 heteroatoms. The van der Waals surface area contributed by atoms with Gasteiger partial charge >= 0.3 is 5.97 Å². The van der Waals surface area contributed by atoms with Crippen LogP contribution in [0, 0.1) is 0 Å². The van der Waals surface area contributed by atoms with E-state index in [1.165, 1.54) is 0 Å². The van der Waals surface area contributed by atoms with E-state index < -0.39 is 5.41 Å². The Morgan fingerprint density at radius 2 is 1.81 bits per heavy atom. The molecule has 27 heavy (non-hydrogen) atoms. The molecule has 0 unspecified atom stereocenters. The van der Waals surface area contributed by atoms with E-state index in [0.29, 0.717) is 5.88 Å². The molecule has 0 amide bonds. The molecule has 1 aliphatic carbocycles. The molecule has 5 nitrogen and oxygen atoms in total. The maximum Gasteiger partial charge on any atom is 0.323 e. The highest BCUT2D eigenvalue weighted by molar-refractivity contribution is 5.88. The SMILES string of the molecule is COc1ccc(C2(C(=O)Oc3ccc4[nH]c(C(C)(C)C)cc4n3)CC2)cc1. The lowest BCUT2D eigenvalue weighted by molar-refractivity contribution is -0.137. The van der Waals surface area contributed by atoms with Crippen molar-refractivity contribution >= 4 is 17.0 Å². The number of carbonyl (C=O) groups excluding carboxylic acids is 1. The van der Waals surface area contributed by atoms with E-state index in [0.717, 1.165) is 40.9 Å². The number of fused-ring (bicyclic) bond motifs is 1. The Labute approximate surface area is 158 Å². The number of carbonyl (C=O) groups is 1. The van der Waals surface area contributed by atoms with Crippen molar-refractivity contribution in [3.05, 3.63) is 53.7 Å². The predicted octanol–water partition coefficient (Wildman–Crippen LogP) is 4.51. The van der Waals surface area contributed by atoms with Crippen LogP contribution >= 0.6 is 0 Å². The minimum atomic E-state index is -0.558. The van der Waals surface area contributed by atoms with Gasteiger partial charge in [0.1, 0.15) is 5.75 Å². The van der Waals surface area contributed by atoms with Gasteiger partial charge in [0.15, 0.2) is 0 Å². The zero-order valence-electron chi connectivity index (χ0n) is 16.1. The van der Waals surface area contributed by atoms with Gasteiger partial charge in [0.2, 0.25) is 5.88 Å². The minimum Gasteiger partial charge on any atom is -0.497 e. The first-order valence-corrected chi connectivity index (χ1v) is 9.19. The maximum atomic E-state index is 12.9. The number of rotatable bonds is 4. The molecule has 0 spiro atoms. The van der Waals surface area contributed by atoms with E-state index >= 15 is 0 Å². The standard InChI is InChI=1S/C22H24N2O3/c1-21(2,3)18-13-17-16(23-18)9-10-19(24-17)27-20(25)22(11-12-22)14-5-7-15(26-4)8-6-14/h5-10,13,23H,11-12H2,1-4H3. The average Bonchev–Trinajstić information content (AvgIpc) is 3.34. The first-order chi connectivity index (χ1) is 12.8. The normalized spacial score (nSPS) is 15.6. The van der Waals surface area contributed by atoms with E-state index in [1.807, 2.05) is 36.4 Å². The quantitative estimate of drug-likeness (QED) is 0.692. The zero-order chi connectivity index (χ0) is 19.2. The van der Waals surface area contributed by atoms with Crippen LogP contribution in [0.1, 0.15) is 44.9 Å². The molecule has 1 N–H and O–H groups in total. The van der Waals surface area contributed by atoms with Gasteiger partial charge in [-0.1, -0.05) is 32.9 Å². The van der Waals surface area contributed by atoms with E-state index in [9.17, 15) is 4.79 Å². The Kier molecular flexibility index (Phi) is 3.98. The van der Waals surface area contributed by atoms with Gasteiger partial charge in [-0.05, 0) is 42.7 Å². The van der Waals surface area contributed by atoms with Crippen LogP contribution in [0.5, 0.6) is 11.6 Å². The average molecular weight is 364 g/mol. The number of nitrogens with zero attached hydrogens (tertiary/aromatic N) is 1. The number of nitrogens with one attached hydrogen (secondary N) is 1. The van der Waals surface area contributed by atoms with Crippen LogP contribution in [0.3, 0.4) is 0 Å². The number of aromatic amines is 1. The molecule has 140 valence electrons. The van der Waals surface area contributed by atoms with Crippen molar-refractivity contribution in [1.29, 1.82) is 0 Å². The molecular weight excluding hydrogens is 340 g/mol. The number of methoxy groups -OCH3 is 1. The van der Waals surface area contributed by atoms with Gasteiger partial charge in [0.25, 0.3) is 0 Å². The Balaban J connectivity index is 1.57. The molecular formula is C22H24N2O3. The summed E-state index contributed by atoms with van der Waals surface area (Å²) >= 11 is 0. The van der Waals surface area contributed by atoms with Gasteiger partial charge in [-0.15, -0.1) is 0 Å². The molecule has 1 fully saturated rings. The summed E-state index contributed by atoms with van der Waals surface area (Å²) in [6, 6.07) is 13.3. The molecule has 2 heterocycles. The molecule has 0 bridgehead atoms. The number of benzene rings is 1. The fourth-order valence-corrected chi connectivity index (χ4v) is 3.29. The van der Waals surface area contributed by atoms with Crippen molar-refractivity contribution in [2.75, 3.05) is 7.11 Å². The lowest BCUT2D eigenvalue weighted by Gasteiger charge is -2.15. The predicted molar refractivity (Wildman–Crippen MR) is 104 cm³/mol. The molecule has 3 aromatic rings. The van der Waals surface area contributed by atoms with Crippen LogP contribution in [-0.4, -0.2) is 23.0 Å². The number of ether oxygens (including phenoxy) is 2. The van der Waals surface area contributed by atoms with Crippen LogP contribution in [0.15, 0.2) is 42.5 Å². The van der Waals surface area contributed by atoms with Crippen molar-refractivity contribution in [1.82, 2.24) is 9.97 Å². The van der Waals surface area contributed by atoms with Crippen molar-refractivity contribution in [3.8, 4) is 11.6 Å². The summed E-state index contributed by atoms with van der Waals surface area (Å²) < 4.78 is 10.9. The Hall–Kier alpha value is -2.82. The summed E-state index contributed by atoms with van der Waals surface area (Å²) in [7, 11) is 1.63. The van der Waals surface area contributed by atoms with Crippen molar-refractivity contribution in [2.45, 2.75) is 44.4 Å². The number of hydrogen-bond acceptors (Lipinski definition) is 4. The van der Waals surface area contributed by atoms with Crippen LogP contribution in [0.25, 0.3) is 11.0 Å². The van der Waals surface area contributed by atoms with Gasteiger partial charge in [-0.25, -0.2) is 4.98 Å². The maximum absolute atomic E-state index is 12.9. The van der Waals surface area contributed by atoms with Gasteiger partial charge in [-0.2, -0.15) is 0 Å². The first kappa shape index (κ1) is 17.6. The number of H-pyrrole nitrogens is 1. The lowest BCUT2D eigenvalue weighted by Crippen LogP contribution is -2.26. The van der Waals surface area contributed by atoms with E-state index in [1.54, 1.807) is 13.2 Å². The second-order valence-corrected chi connectivity index (χ2v) is 8.22. The fraction of sp³-hybridized carbons (Fsp3) is 0.364. The summed E-state index contributed by atoms with van der Waals surface area (Å²) in [5.74, 6) is 0.870. The molecule has 1 saturated carbocycles. The van der Waals surface area contributed by atoms with Gasteiger partial charge in [0, 0.05) is 17.2 Å². The summed E-state index contributed by atoms with van der Waals surface area (Å²) in [6.45, 7) is 6.43. The number of pyridine rings is 1. The van der Waals surface area contributed by atoms with Gasteiger partial charge < -0.3 is 14.5 Å². The highest BCUT2D eigenvalue weighted by atomic mass is 16.5. The number of hydrogen-bond donors (Lipinski definition) is 1. The lowest BCUT2D eigenvalue weighted by atomic mass is 9.93. The first-order valence-electron chi connectivity index (χ1n) is 9.19. The largest absolute Gasteiger partial charge is 0.497 e. The third-order valence-corrected chi connectivity index (χ3v) is 5.24. The minimum absolute atomic E-state index is 0.00395. The van der Waals surface area contributed by atoms with Crippen molar-refractivity contribution < 1.29 is 14.3 Å². The van der Waals surface area contributed by atoms with Crippen LogP contribution in [-0.2, 0) is 15.6 Å². The number of aromatic nitrogens is 2. The van der Waals surface area contributed by atoms with E-state index in [4.69, 9.17) is 9.47 Å². The topological polar surface area (TPSA) is 64.2 Å². The molecule has 1 aliphatic rings. The second-order valence-electron chi connectivity index (χ2n) is 8.22. The summed E-state index contributed by atoms with van der Waals surface area (Å²) in [4.78, 5) is 20.7. The van der Waals surface area contributed by atoms with Gasteiger partial charge in [-0.3, -0.25) is 4.79 Å². The van der Waals surface area contributed by atoms with Gasteiger partial charge in [0.05, 0.1) is 23.6 Å². The molecule has 0 aliphatic heterocycles. The third kappa shape index (κ3) is 3.18. The highest BCUT2D eigenvalue weighted by Crippen LogP contribution is 2.49. The Bertz CT molecular complexity index is 993. The van der Waals surface area contributed by atoms with Crippen molar-refractivity contribution in [3.63, 3.8) is 0 Å². The van der Waals surface area contributed by atoms with Crippen LogP contribution in [0.4, 0.5) is 0 Å². The van der Waals surface area contributed by atoms with Crippen LogP contribution < -0.4 is 9.47 Å². The van der Waals surface area contributed by atoms with Crippen LogP contribution in [0.2, 0.25) is 0 Å². The zero-order valence-corrected chi connectivity index (χ0v) is 16.1. The second kappa shape index (κ2) is 6.12. The van der Waals surface area contributed by atoms with E-state index in [2.05, 4.69) is 30.7 Å².